The molecule has 1 unspecified atom stereocenters. The Morgan fingerprint density at radius 1 is 1.02 bits per heavy atom. The van der Waals surface area contributed by atoms with Gasteiger partial charge in [0.05, 0.1) is 22.3 Å². The van der Waals surface area contributed by atoms with E-state index < -0.39 is 9.84 Å². The quantitative estimate of drug-likeness (QED) is 0.411. The van der Waals surface area contributed by atoms with Gasteiger partial charge in [0.2, 0.25) is 5.91 Å². The first-order valence-corrected chi connectivity index (χ1v) is 16.9. The molecule has 2 aromatic carbocycles. The number of hydrogen-bond donors (Lipinski definition) is 2. The van der Waals surface area contributed by atoms with Crippen molar-refractivity contribution >= 4 is 33.3 Å². The Labute approximate surface area is 253 Å². The Bertz CT molecular complexity index is 1570. The minimum Gasteiger partial charge on any atom is -0.370 e. The van der Waals surface area contributed by atoms with Gasteiger partial charge in [0, 0.05) is 36.4 Å². The van der Waals surface area contributed by atoms with Gasteiger partial charge >= 0.3 is 0 Å². The standard InChI is InChI=1S/C33H38ClN3O4S/c1-22-7-5-11-27(42(2,40)41)21-30(36-33(39)25-9-6-10-26(34)20-25)32(22)37-17-15-23(16-18-37)19-31(38)35-29-14-13-24-8-3-4-12-28(24)29/h3-4,6,8-12,20-21,23,29H,5,7,13-19H2,1-2H3,(H,35,38)(H,36,39). The summed E-state index contributed by atoms with van der Waals surface area (Å²) in [5.41, 5.74) is 5.33. The SMILES string of the molecule is CC1=C(N2CCC(CC(=O)NC3CCc4ccccc43)CC2)C(NC(=O)c2cccc(Cl)c2)=CC(S(C)(=O)=O)=CCC1. The summed E-state index contributed by atoms with van der Waals surface area (Å²) >= 11 is 6.13. The normalized spacial score (nSPS) is 19.8. The number of sulfone groups is 1. The van der Waals surface area contributed by atoms with Gasteiger partial charge in [0.25, 0.3) is 5.91 Å². The molecule has 1 saturated heterocycles. The Kier molecular flexibility index (Phi) is 9.23. The molecule has 0 radical (unpaired) electrons. The zero-order valence-corrected chi connectivity index (χ0v) is 25.7. The Morgan fingerprint density at radius 3 is 2.52 bits per heavy atom. The molecule has 2 aromatic rings. The van der Waals surface area contributed by atoms with Crippen LogP contribution in [-0.4, -0.2) is 44.5 Å². The number of benzene rings is 2. The molecule has 1 atom stereocenters. The molecule has 7 nitrogen and oxygen atoms in total. The highest BCUT2D eigenvalue weighted by Crippen LogP contribution is 2.33. The van der Waals surface area contributed by atoms with Crippen molar-refractivity contribution in [3.63, 3.8) is 0 Å². The molecule has 2 aliphatic carbocycles. The lowest BCUT2D eigenvalue weighted by atomic mass is 9.91. The van der Waals surface area contributed by atoms with Crippen LogP contribution in [0.5, 0.6) is 0 Å². The maximum absolute atomic E-state index is 13.3. The first-order chi connectivity index (χ1) is 20.1. The maximum atomic E-state index is 13.3. The van der Waals surface area contributed by atoms with E-state index in [1.165, 1.54) is 17.4 Å². The van der Waals surface area contributed by atoms with Gasteiger partial charge in [-0.25, -0.2) is 8.42 Å². The van der Waals surface area contributed by atoms with Crippen LogP contribution in [0.1, 0.15) is 73.0 Å². The second kappa shape index (κ2) is 12.9. The second-order valence-corrected chi connectivity index (χ2v) is 14.0. The summed E-state index contributed by atoms with van der Waals surface area (Å²) in [6.45, 7) is 3.45. The highest BCUT2D eigenvalue weighted by Gasteiger charge is 2.29. The van der Waals surface area contributed by atoms with E-state index in [-0.39, 0.29) is 28.7 Å². The van der Waals surface area contributed by atoms with Gasteiger partial charge in [-0.1, -0.05) is 48.0 Å². The van der Waals surface area contributed by atoms with Gasteiger partial charge in [0.15, 0.2) is 9.84 Å². The van der Waals surface area contributed by atoms with Crippen LogP contribution in [0.15, 0.2) is 82.6 Å². The Hall–Kier alpha value is -3.36. The van der Waals surface area contributed by atoms with Crippen LogP contribution in [-0.2, 0) is 21.1 Å². The topological polar surface area (TPSA) is 95.6 Å². The van der Waals surface area contributed by atoms with Crippen LogP contribution in [0.2, 0.25) is 5.02 Å². The largest absolute Gasteiger partial charge is 0.370 e. The zero-order chi connectivity index (χ0) is 29.9. The number of hydrogen-bond acceptors (Lipinski definition) is 5. The fourth-order valence-electron chi connectivity index (χ4n) is 6.25. The number of likely N-dealkylation sites (tertiary alicyclic amines) is 1. The van der Waals surface area contributed by atoms with Crippen molar-refractivity contribution in [2.75, 3.05) is 19.3 Å². The average Bonchev–Trinajstić information content (AvgIpc) is 3.34. The van der Waals surface area contributed by atoms with Crippen molar-refractivity contribution in [3.05, 3.63) is 104 Å². The summed E-state index contributed by atoms with van der Waals surface area (Å²) in [7, 11) is -3.50. The van der Waals surface area contributed by atoms with Crippen LogP contribution in [0.25, 0.3) is 0 Å². The fraction of sp³-hybridized carbons (Fsp3) is 0.394. The van der Waals surface area contributed by atoms with Crippen molar-refractivity contribution in [2.24, 2.45) is 5.92 Å². The number of nitrogens with zero attached hydrogens (tertiary/aromatic N) is 1. The summed E-state index contributed by atoms with van der Waals surface area (Å²) in [5.74, 6) is -0.0105. The molecule has 1 heterocycles. The molecule has 1 fully saturated rings. The summed E-state index contributed by atoms with van der Waals surface area (Å²) in [4.78, 5) is 28.7. The predicted molar refractivity (Wildman–Crippen MR) is 166 cm³/mol. The van der Waals surface area contributed by atoms with E-state index in [1.807, 2.05) is 19.1 Å². The van der Waals surface area contributed by atoms with Gasteiger partial charge in [-0.15, -0.1) is 0 Å². The van der Waals surface area contributed by atoms with Gasteiger partial charge in [-0.05, 0) is 92.3 Å². The first kappa shape index (κ1) is 30.1. The molecule has 0 saturated carbocycles. The van der Waals surface area contributed by atoms with E-state index in [0.717, 1.165) is 37.0 Å². The van der Waals surface area contributed by atoms with E-state index in [4.69, 9.17) is 11.6 Å². The zero-order valence-electron chi connectivity index (χ0n) is 24.2. The molecule has 0 aromatic heterocycles. The average molecular weight is 608 g/mol. The van der Waals surface area contributed by atoms with Crippen molar-refractivity contribution in [1.82, 2.24) is 15.5 Å². The van der Waals surface area contributed by atoms with Crippen LogP contribution < -0.4 is 10.6 Å². The maximum Gasteiger partial charge on any atom is 0.255 e. The van der Waals surface area contributed by atoms with Crippen molar-refractivity contribution in [2.45, 2.75) is 57.9 Å². The number of amides is 2. The fourth-order valence-corrected chi connectivity index (χ4v) is 7.19. The third kappa shape index (κ3) is 7.16. The van der Waals surface area contributed by atoms with E-state index in [1.54, 1.807) is 36.4 Å². The van der Waals surface area contributed by atoms with E-state index in [9.17, 15) is 18.0 Å². The monoisotopic (exact) mass is 607 g/mol. The van der Waals surface area contributed by atoms with E-state index >= 15 is 0 Å². The highest BCUT2D eigenvalue weighted by atomic mass is 35.5. The molecule has 222 valence electrons. The number of carbonyl (C=O) groups excluding carboxylic acids is 2. The number of halogens is 1. The van der Waals surface area contributed by atoms with Crippen LogP contribution in [0.3, 0.4) is 0 Å². The number of allylic oxidation sites excluding steroid dienone is 3. The smallest absolute Gasteiger partial charge is 0.255 e. The molecule has 1 aliphatic heterocycles. The van der Waals surface area contributed by atoms with Crippen LogP contribution >= 0.6 is 11.6 Å². The molecule has 3 aliphatic rings. The van der Waals surface area contributed by atoms with Crippen molar-refractivity contribution in [1.29, 1.82) is 0 Å². The van der Waals surface area contributed by atoms with Gasteiger partial charge in [-0.3, -0.25) is 9.59 Å². The lowest BCUT2D eigenvalue weighted by Gasteiger charge is -2.37. The molecule has 2 amide bonds. The molecule has 5 rings (SSSR count). The van der Waals surface area contributed by atoms with Crippen LogP contribution in [0.4, 0.5) is 0 Å². The third-order valence-corrected chi connectivity index (χ3v) is 9.82. The molecule has 9 heteroatoms. The van der Waals surface area contributed by atoms with Crippen molar-refractivity contribution < 1.29 is 18.0 Å². The third-order valence-electron chi connectivity index (χ3n) is 8.45. The molecule has 2 N–H and O–H groups in total. The second-order valence-electron chi connectivity index (χ2n) is 11.6. The number of piperidine rings is 1. The summed E-state index contributed by atoms with van der Waals surface area (Å²) in [6.07, 6.45) is 9.82. The van der Waals surface area contributed by atoms with Gasteiger partial charge in [0.1, 0.15) is 0 Å². The molecular weight excluding hydrogens is 570 g/mol. The molecule has 0 spiro atoms. The Morgan fingerprint density at radius 2 is 1.79 bits per heavy atom. The van der Waals surface area contributed by atoms with E-state index in [0.29, 0.717) is 48.6 Å². The highest BCUT2D eigenvalue weighted by molar-refractivity contribution is 7.94. The first-order valence-electron chi connectivity index (χ1n) is 14.6. The number of aryl methyl sites for hydroxylation is 1. The van der Waals surface area contributed by atoms with Gasteiger partial charge in [-0.2, -0.15) is 0 Å². The molecule has 0 bridgehead atoms. The number of carbonyl (C=O) groups is 2. The number of nitrogens with one attached hydrogen (secondary N) is 2. The predicted octanol–water partition coefficient (Wildman–Crippen LogP) is 5.86. The number of rotatable bonds is 7. The lowest BCUT2D eigenvalue weighted by Crippen LogP contribution is -2.39. The molecule has 42 heavy (non-hydrogen) atoms. The summed E-state index contributed by atoms with van der Waals surface area (Å²) in [6, 6.07) is 15.1. The molecular formula is C33H38ClN3O4S. The van der Waals surface area contributed by atoms with Crippen molar-refractivity contribution in [3.8, 4) is 0 Å². The Balaban J connectivity index is 1.30. The lowest BCUT2D eigenvalue weighted by molar-refractivity contribution is -0.123. The van der Waals surface area contributed by atoms with Crippen LogP contribution in [0, 0.1) is 5.92 Å². The minimum atomic E-state index is -3.50. The van der Waals surface area contributed by atoms with Gasteiger partial charge < -0.3 is 15.5 Å². The van der Waals surface area contributed by atoms with E-state index in [2.05, 4.69) is 27.7 Å². The summed E-state index contributed by atoms with van der Waals surface area (Å²) in [5, 5.41) is 6.70. The number of fused-ring (bicyclic) bond motifs is 1. The summed E-state index contributed by atoms with van der Waals surface area (Å²) < 4.78 is 25.2. The minimum absolute atomic E-state index is 0.0874.